The highest BCUT2D eigenvalue weighted by atomic mass is 32.2. The zero-order valence-corrected chi connectivity index (χ0v) is 12.0. The first-order valence-electron chi connectivity index (χ1n) is 6.11. The van der Waals surface area contributed by atoms with Crippen LogP contribution in [0.25, 0.3) is 0 Å². The summed E-state index contributed by atoms with van der Waals surface area (Å²) in [6.07, 6.45) is 0. The maximum Gasteiger partial charge on any atom is 0.313 e. The van der Waals surface area contributed by atoms with Crippen LogP contribution in [0.5, 0.6) is 0 Å². The molecular weight excluding hydrogens is 294 g/mol. The fourth-order valence-corrected chi connectivity index (χ4v) is 1.71. The molecule has 1 aromatic carbocycles. The Morgan fingerprint density at radius 1 is 1.24 bits per heavy atom. The monoisotopic (exact) mass is 309 g/mol. The number of nitrogens with one attached hydrogen (secondary N) is 2. The third kappa shape index (κ3) is 6.76. The number of ether oxygens (including phenoxy) is 1. The molecule has 0 aromatic heterocycles. The van der Waals surface area contributed by atoms with Crippen LogP contribution < -0.4 is 10.6 Å². The Hall–Kier alpha value is -2.08. The van der Waals surface area contributed by atoms with Crippen LogP contribution in [0, 0.1) is 10.7 Å². The van der Waals surface area contributed by atoms with Crippen LogP contribution in [0.1, 0.15) is 0 Å². The number of hydrogen-bond donors (Lipinski definition) is 3. The molecule has 0 fully saturated rings. The van der Waals surface area contributed by atoms with Crippen LogP contribution in [-0.2, 0) is 14.3 Å². The molecule has 112 valence electrons. The van der Waals surface area contributed by atoms with E-state index in [0.717, 1.165) is 16.7 Å². The molecule has 0 saturated heterocycles. The quantitative estimate of drug-likeness (QED) is 0.289. The van der Waals surface area contributed by atoms with Crippen molar-refractivity contribution >= 4 is 29.3 Å². The van der Waals surface area contributed by atoms with Gasteiger partial charge in [0.15, 0.2) is 0 Å². The summed E-state index contributed by atoms with van der Waals surface area (Å²) in [6, 6.07) is 6.55. The van der Waals surface area contributed by atoms with E-state index in [2.05, 4.69) is 10.6 Å². The average Bonchev–Trinajstić information content (AvgIpc) is 2.49. The minimum atomic E-state index is -0.780. The topological polar surface area (TPSA) is 111 Å². The van der Waals surface area contributed by atoms with E-state index < -0.39 is 11.8 Å². The van der Waals surface area contributed by atoms with Gasteiger partial charge in [0.25, 0.3) is 0 Å². The van der Waals surface area contributed by atoms with Gasteiger partial charge in [-0.05, 0) is 36.0 Å². The molecule has 0 aliphatic rings. The Bertz CT molecular complexity index is 513. The summed E-state index contributed by atoms with van der Waals surface area (Å²) in [4.78, 5) is 23.8. The molecule has 0 bridgehead atoms. The van der Waals surface area contributed by atoms with Crippen LogP contribution in [0.2, 0.25) is 0 Å². The molecule has 21 heavy (non-hydrogen) atoms. The van der Waals surface area contributed by atoms with E-state index in [1.807, 2.05) is 5.40 Å². The van der Waals surface area contributed by atoms with E-state index in [9.17, 15) is 9.59 Å². The standard InChI is InChI=1S/C13H15N3O4S/c14-9-21-11-3-1-10(2-4-11)16-13(19)12(18)15-5-7-20-8-6-17/h1-4,17H,5-8H2,(H,15,18)(H,16,19). The lowest BCUT2D eigenvalue weighted by molar-refractivity contribution is -0.136. The van der Waals surface area contributed by atoms with Gasteiger partial charge in [-0.3, -0.25) is 9.59 Å². The van der Waals surface area contributed by atoms with Gasteiger partial charge in [-0.25, -0.2) is 0 Å². The third-order valence-electron chi connectivity index (χ3n) is 2.25. The molecule has 0 aliphatic carbocycles. The minimum absolute atomic E-state index is 0.0888. The van der Waals surface area contributed by atoms with Crippen LogP contribution in [0.4, 0.5) is 5.69 Å². The van der Waals surface area contributed by atoms with E-state index in [1.165, 1.54) is 0 Å². The molecule has 2 amide bonds. The van der Waals surface area contributed by atoms with Crippen molar-refractivity contribution in [2.75, 3.05) is 31.7 Å². The molecule has 1 aromatic rings. The molecule has 0 aliphatic heterocycles. The smallest absolute Gasteiger partial charge is 0.313 e. The summed E-state index contributed by atoms with van der Waals surface area (Å²) >= 11 is 1.01. The van der Waals surface area contributed by atoms with Crippen LogP contribution in [0.3, 0.4) is 0 Å². The van der Waals surface area contributed by atoms with Crippen molar-refractivity contribution < 1.29 is 19.4 Å². The highest BCUT2D eigenvalue weighted by Crippen LogP contribution is 2.18. The first kappa shape index (κ1) is 17.0. The fraction of sp³-hybridized carbons (Fsp3) is 0.308. The van der Waals surface area contributed by atoms with Crippen molar-refractivity contribution in [3.63, 3.8) is 0 Å². The third-order valence-corrected chi connectivity index (χ3v) is 2.85. The number of thioether (sulfide) groups is 1. The zero-order valence-electron chi connectivity index (χ0n) is 11.2. The van der Waals surface area contributed by atoms with Crippen LogP contribution in [0.15, 0.2) is 29.2 Å². The van der Waals surface area contributed by atoms with E-state index >= 15 is 0 Å². The maximum absolute atomic E-state index is 11.6. The fourth-order valence-electron chi connectivity index (χ4n) is 1.33. The van der Waals surface area contributed by atoms with Gasteiger partial charge >= 0.3 is 11.8 Å². The van der Waals surface area contributed by atoms with Gasteiger partial charge in [-0.1, -0.05) is 0 Å². The van der Waals surface area contributed by atoms with Gasteiger partial charge in [0.1, 0.15) is 5.40 Å². The Labute approximate surface area is 126 Å². The Kier molecular flexibility index (Phi) is 7.89. The molecule has 0 spiro atoms. The predicted octanol–water partition coefficient (Wildman–Crippen LogP) is 0.323. The number of nitriles is 1. The van der Waals surface area contributed by atoms with Gasteiger partial charge in [-0.15, -0.1) is 0 Å². The Morgan fingerprint density at radius 3 is 2.57 bits per heavy atom. The second-order valence-corrected chi connectivity index (χ2v) is 4.62. The summed E-state index contributed by atoms with van der Waals surface area (Å²) in [5.74, 6) is -1.55. The zero-order chi connectivity index (χ0) is 15.5. The van der Waals surface area contributed by atoms with Gasteiger partial charge in [0.05, 0.1) is 19.8 Å². The number of nitrogens with zero attached hydrogens (tertiary/aromatic N) is 1. The second kappa shape index (κ2) is 9.77. The van der Waals surface area contributed by atoms with Crippen molar-refractivity contribution in [2.24, 2.45) is 0 Å². The molecule has 0 atom stereocenters. The summed E-state index contributed by atoms with van der Waals surface area (Å²) in [6.45, 7) is 0.507. The highest BCUT2D eigenvalue weighted by Gasteiger charge is 2.12. The first-order chi connectivity index (χ1) is 10.2. The van der Waals surface area contributed by atoms with E-state index in [-0.39, 0.29) is 26.4 Å². The molecule has 0 saturated carbocycles. The van der Waals surface area contributed by atoms with E-state index in [4.69, 9.17) is 15.1 Å². The molecule has 3 N–H and O–H groups in total. The number of aliphatic hydroxyl groups excluding tert-OH is 1. The van der Waals surface area contributed by atoms with Crippen molar-refractivity contribution in [3.8, 4) is 5.40 Å². The minimum Gasteiger partial charge on any atom is -0.394 e. The molecule has 1 rings (SSSR count). The number of carbonyl (C=O) groups excluding carboxylic acids is 2. The van der Waals surface area contributed by atoms with Crippen molar-refractivity contribution in [2.45, 2.75) is 4.90 Å². The van der Waals surface area contributed by atoms with Gasteiger partial charge in [-0.2, -0.15) is 5.26 Å². The predicted molar refractivity (Wildman–Crippen MR) is 77.5 cm³/mol. The Morgan fingerprint density at radius 2 is 1.95 bits per heavy atom. The molecular formula is C13H15N3O4S. The number of amides is 2. The number of anilines is 1. The first-order valence-corrected chi connectivity index (χ1v) is 6.93. The van der Waals surface area contributed by atoms with Crippen molar-refractivity contribution in [1.29, 1.82) is 5.26 Å². The number of benzene rings is 1. The lowest BCUT2D eigenvalue weighted by atomic mass is 10.3. The largest absolute Gasteiger partial charge is 0.394 e. The van der Waals surface area contributed by atoms with Gasteiger partial charge in [0, 0.05) is 17.1 Å². The highest BCUT2D eigenvalue weighted by molar-refractivity contribution is 8.03. The van der Waals surface area contributed by atoms with Gasteiger partial charge in [0.2, 0.25) is 0 Å². The van der Waals surface area contributed by atoms with E-state index in [1.54, 1.807) is 24.3 Å². The number of hydrogen-bond acceptors (Lipinski definition) is 6. The molecule has 0 radical (unpaired) electrons. The number of carbonyl (C=O) groups is 2. The SMILES string of the molecule is N#CSc1ccc(NC(=O)C(=O)NCCOCCO)cc1. The van der Waals surface area contributed by atoms with E-state index in [0.29, 0.717) is 5.69 Å². The summed E-state index contributed by atoms with van der Waals surface area (Å²) in [5.41, 5.74) is 0.467. The van der Waals surface area contributed by atoms with Crippen LogP contribution >= 0.6 is 11.8 Å². The summed E-state index contributed by atoms with van der Waals surface area (Å²) < 4.78 is 4.94. The molecule has 7 nitrogen and oxygen atoms in total. The number of thiocyanates is 1. The number of aliphatic hydroxyl groups is 1. The lowest BCUT2D eigenvalue weighted by Crippen LogP contribution is -2.37. The number of rotatable bonds is 7. The molecule has 0 heterocycles. The summed E-state index contributed by atoms with van der Waals surface area (Å²) in [5, 5.41) is 23.8. The Balaban J connectivity index is 2.34. The van der Waals surface area contributed by atoms with Gasteiger partial charge < -0.3 is 20.5 Å². The average molecular weight is 309 g/mol. The van der Waals surface area contributed by atoms with Crippen LogP contribution in [-0.4, -0.2) is 43.3 Å². The normalized spacial score (nSPS) is 9.71. The van der Waals surface area contributed by atoms with Crippen molar-refractivity contribution in [3.05, 3.63) is 24.3 Å². The lowest BCUT2D eigenvalue weighted by Gasteiger charge is -2.07. The van der Waals surface area contributed by atoms with Crippen molar-refractivity contribution in [1.82, 2.24) is 5.32 Å². The molecule has 8 heteroatoms. The molecule has 0 unspecified atom stereocenters. The summed E-state index contributed by atoms with van der Waals surface area (Å²) in [7, 11) is 0. The maximum atomic E-state index is 11.6. The second-order valence-electron chi connectivity index (χ2n) is 3.76.